The van der Waals surface area contributed by atoms with Gasteiger partial charge in [-0.2, -0.15) is 5.10 Å². The monoisotopic (exact) mass is 314 g/mol. The van der Waals surface area contributed by atoms with E-state index in [9.17, 15) is 4.39 Å². The largest absolute Gasteiger partial charge is 0.359 e. The molecule has 2 aromatic heterocycles. The maximum Gasteiger partial charge on any atom is 0.153 e. The molecule has 0 aliphatic heterocycles. The fourth-order valence-electron chi connectivity index (χ4n) is 2.37. The lowest BCUT2D eigenvalue weighted by Crippen LogP contribution is -2.17. The zero-order valence-electron chi connectivity index (χ0n) is 13.1. The molecule has 23 heavy (non-hydrogen) atoms. The lowest BCUT2D eigenvalue weighted by Gasteiger charge is -2.10. The van der Waals surface area contributed by atoms with Crippen LogP contribution in [0.15, 0.2) is 41.1 Å². The number of aryl methyl sites for hydroxylation is 1. The van der Waals surface area contributed by atoms with E-state index in [1.54, 1.807) is 18.3 Å². The summed E-state index contributed by atoms with van der Waals surface area (Å²) < 4.78 is 18.4. The summed E-state index contributed by atoms with van der Waals surface area (Å²) in [7, 11) is 0. The van der Waals surface area contributed by atoms with Crippen LogP contribution in [0.1, 0.15) is 36.9 Å². The van der Waals surface area contributed by atoms with Crippen molar-refractivity contribution in [2.45, 2.75) is 32.9 Å². The van der Waals surface area contributed by atoms with Crippen LogP contribution in [0.2, 0.25) is 0 Å². The van der Waals surface area contributed by atoms with Gasteiger partial charge in [0.15, 0.2) is 5.76 Å². The molecular weight excluding hydrogens is 295 g/mol. The van der Waals surface area contributed by atoms with Crippen LogP contribution in [-0.2, 0) is 13.0 Å². The highest BCUT2D eigenvalue weighted by molar-refractivity contribution is 5.62. The van der Waals surface area contributed by atoms with Crippen molar-refractivity contribution >= 4 is 0 Å². The number of benzene rings is 1. The Hall–Kier alpha value is -2.47. The Morgan fingerprint density at radius 3 is 2.78 bits per heavy atom. The van der Waals surface area contributed by atoms with E-state index in [-0.39, 0.29) is 11.9 Å². The quantitative estimate of drug-likeness (QED) is 0.729. The number of rotatable bonds is 6. The molecule has 120 valence electrons. The number of halogens is 1. The van der Waals surface area contributed by atoms with Crippen molar-refractivity contribution in [2.24, 2.45) is 0 Å². The third-order valence-electron chi connectivity index (χ3n) is 3.82. The van der Waals surface area contributed by atoms with Gasteiger partial charge in [0.05, 0.1) is 23.6 Å². The molecule has 0 aliphatic rings. The fourth-order valence-corrected chi connectivity index (χ4v) is 2.37. The Bertz CT molecular complexity index is 763. The maximum absolute atomic E-state index is 13.0. The number of hydrogen-bond acceptors (Lipinski definition) is 4. The Morgan fingerprint density at radius 2 is 2.09 bits per heavy atom. The molecular formula is C17H19FN4O. The highest BCUT2D eigenvalue weighted by Crippen LogP contribution is 2.22. The molecule has 0 spiro atoms. The van der Waals surface area contributed by atoms with Gasteiger partial charge < -0.3 is 9.84 Å². The van der Waals surface area contributed by atoms with Crippen molar-refractivity contribution in [1.29, 1.82) is 0 Å². The van der Waals surface area contributed by atoms with Crippen molar-refractivity contribution in [1.82, 2.24) is 20.7 Å². The molecule has 3 aromatic rings. The summed E-state index contributed by atoms with van der Waals surface area (Å²) in [6.45, 7) is 4.68. The van der Waals surface area contributed by atoms with Crippen molar-refractivity contribution in [3.63, 3.8) is 0 Å². The van der Waals surface area contributed by atoms with Crippen molar-refractivity contribution in [3.05, 3.63) is 59.4 Å². The fraction of sp³-hybridized carbons (Fsp3) is 0.294. The van der Waals surface area contributed by atoms with E-state index < -0.39 is 0 Å². The first-order valence-corrected chi connectivity index (χ1v) is 7.64. The summed E-state index contributed by atoms with van der Waals surface area (Å²) in [6.07, 6.45) is 2.63. The zero-order chi connectivity index (χ0) is 16.2. The van der Waals surface area contributed by atoms with Crippen molar-refractivity contribution in [2.75, 3.05) is 0 Å². The summed E-state index contributed by atoms with van der Waals surface area (Å²) >= 11 is 0. The van der Waals surface area contributed by atoms with Crippen molar-refractivity contribution in [3.8, 4) is 11.3 Å². The van der Waals surface area contributed by atoms with Gasteiger partial charge in [0, 0.05) is 23.7 Å². The minimum Gasteiger partial charge on any atom is -0.359 e. The highest BCUT2D eigenvalue weighted by Gasteiger charge is 2.13. The molecule has 0 aliphatic carbocycles. The lowest BCUT2D eigenvalue weighted by molar-refractivity contribution is 0.342. The summed E-state index contributed by atoms with van der Waals surface area (Å²) in [5.74, 6) is 0.562. The molecule has 2 N–H and O–H groups in total. The standard InChI is InChI=1S/C17H19FN4O/c1-3-15-8-16(23-22-15)11(2)19-9-13-10-20-21-17(13)12-4-6-14(18)7-5-12/h4-8,10-11,19H,3,9H2,1-2H3,(H,20,21)/t11-/m0/s1. The van der Waals surface area contributed by atoms with E-state index in [4.69, 9.17) is 4.52 Å². The van der Waals surface area contributed by atoms with Gasteiger partial charge in [-0.15, -0.1) is 0 Å². The minimum absolute atomic E-state index is 0.0405. The van der Waals surface area contributed by atoms with Gasteiger partial charge in [0.1, 0.15) is 5.82 Å². The molecule has 5 nitrogen and oxygen atoms in total. The first kappa shape index (κ1) is 15.4. The third-order valence-corrected chi connectivity index (χ3v) is 3.82. The van der Waals surface area contributed by atoms with Crippen molar-refractivity contribution < 1.29 is 8.91 Å². The molecule has 0 saturated carbocycles. The molecule has 0 amide bonds. The molecule has 0 unspecified atom stereocenters. The van der Waals surface area contributed by atoms with Crippen LogP contribution in [0.25, 0.3) is 11.3 Å². The summed E-state index contributed by atoms with van der Waals surface area (Å²) in [5.41, 5.74) is 3.75. The van der Waals surface area contributed by atoms with Gasteiger partial charge >= 0.3 is 0 Å². The molecule has 0 bridgehead atoms. The van der Waals surface area contributed by atoms with E-state index >= 15 is 0 Å². The number of aromatic amines is 1. The summed E-state index contributed by atoms with van der Waals surface area (Å²) in [5, 5.41) is 14.5. The number of H-pyrrole nitrogens is 1. The smallest absolute Gasteiger partial charge is 0.153 e. The molecule has 2 heterocycles. The Kier molecular flexibility index (Phi) is 4.52. The Balaban J connectivity index is 1.69. The second-order valence-corrected chi connectivity index (χ2v) is 5.45. The molecule has 1 atom stereocenters. The van der Waals surface area contributed by atoms with Crippen LogP contribution in [0.3, 0.4) is 0 Å². The maximum atomic E-state index is 13.0. The van der Waals surface area contributed by atoms with Crippen LogP contribution < -0.4 is 5.32 Å². The van der Waals surface area contributed by atoms with E-state index in [0.29, 0.717) is 6.54 Å². The van der Waals surface area contributed by atoms with Crippen LogP contribution in [0.5, 0.6) is 0 Å². The Morgan fingerprint density at radius 1 is 1.30 bits per heavy atom. The van der Waals surface area contributed by atoms with Crippen LogP contribution in [-0.4, -0.2) is 15.4 Å². The molecule has 6 heteroatoms. The number of hydrogen-bond donors (Lipinski definition) is 2. The topological polar surface area (TPSA) is 66.7 Å². The predicted molar refractivity (Wildman–Crippen MR) is 85.1 cm³/mol. The molecule has 3 rings (SSSR count). The van der Waals surface area contributed by atoms with Crippen LogP contribution in [0, 0.1) is 5.82 Å². The SMILES string of the molecule is CCc1cc([C@H](C)NCc2cn[nH]c2-c2ccc(F)cc2)on1. The lowest BCUT2D eigenvalue weighted by atomic mass is 10.1. The molecule has 0 fully saturated rings. The molecule has 1 aromatic carbocycles. The van der Waals surface area contributed by atoms with Gasteiger partial charge in [0.2, 0.25) is 0 Å². The van der Waals surface area contributed by atoms with Crippen LogP contribution in [0.4, 0.5) is 4.39 Å². The zero-order valence-corrected chi connectivity index (χ0v) is 13.1. The first-order valence-electron chi connectivity index (χ1n) is 7.64. The average molecular weight is 314 g/mol. The first-order chi connectivity index (χ1) is 11.2. The van der Waals surface area contributed by atoms with E-state index in [1.165, 1.54) is 12.1 Å². The van der Waals surface area contributed by atoms with E-state index in [1.807, 2.05) is 19.9 Å². The number of nitrogens with one attached hydrogen (secondary N) is 2. The predicted octanol–water partition coefficient (Wildman–Crippen LogP) is 3.62. The van der Waals surface area contributed by atoms with E-state index in [0.717, 1.165) is 34.7 Å². The summed E-state index contributed by atoms with van der Waals surface area (Å²) in [4.78, 5) is 0. The second kappa shape index (κ2) is 6.75. The normalized spacial score (nSPS) is 12.5. The van der Waals surface area contributed by atoms with Gasteiger partial charge in [0.25, 0.3) is 0 Å². The number of nitrogens with zero attached hydrogens (tertiary/aromatic N) is 2. The van der Waals surface area contributed by atoms with Gasteiger partial charge in [-0.25, -0.2) is 4.39 Å². The number of aromatic nitrogens is 3. The second-order valence-electron chi connectivity index (χ2n) is 5.45. The van der Waals surface area contributed by atoms with Gasteiger partial charge in [-0.05, 0) is 37.6 Å². The third kappa shape index (κ3) is 3.48. The highest BCUT2D eigenvalue weighted by atomic mass is 19.1. The summed E-state index contributed by atoms with van der Waals surface area (Å²) in [6, 6.07) is 8.36. The Labute approximate surface area is 133 Å². The molecule has 0 saturated heterocycles. The van der Waals surface area contributed by atoms with E-state index in [2.05, 4.69) is 20.7 Å². The molecule has 0 radical (unpaired) electrons. The average Bonchev–Trinajstić information content (AvgIpc) is 3.22. The van der Waals surface area contributed by atoms with Gasteiger partial charge in [-0.1, -0.05) is 12.1 Å². The van der Waals surface area contributed by atoms with Crippen LogP contribution >= 0.6 is 0 Å². The van der Waals surface area contributed by atoms with Gasteiger partial charge in [-0.3, -0.25) is 5.10 Å². The minimum atomic E-state index is -0.251.